The lowest BCUT2D eigenvalue weighted by molar-refractivity contribution is -0.280. The molecule has 0 spiro atoms. The van der Waals surface area contributed by atoms with E-state index in [1.165, 1.54) is 5.56 Å². The van der Waals surface area contributed by atoms with Gasteiger partial charge in [0.1, 0.15) is 0 Å². The Hall–Kier alpha value is -2.46. The molecule has 26 heavy (non-hydrogen) atoms. The zero-order valence-electron chi connectivity index (χ0n) is 14.7. The molecule has 1 fully saturated rings. The van der Waals surface area contributed by atoms with Crippen LogP contribution < -0.4 is 0 Å². The largest absolute Gasteiger partial charge is 0.361 e. The Morgan fingerprint density at radius 1 is 0.846 bits per heavy atom. The number of aliphatic hydroxyl groups is 1. The molecule has 132 valence electrons. The fourth-order valence-electron chi connectivity index (χ4n) is 3.57. The highest BCUT2D eigenvalue weighted by molar-refractivity contribution is 5.24. The van der Waals surface area contributed by atoms with Gasteiger partial charge in [0, 0.05) is 18.7 Å². The molecule has 0 bridgehead atoms. The lowest BCUT2D eigenvalue weighted by Gasteiger charge is -2.43. The van der Waals surface area contributed by atoms with E-state index < -0.39 is 5.79 Å². The monoisotopic (exact) mass is 345 g/mol. The molecule has 0 saturated carbocycles. The van der Waals surface area contributed by atoms with Gasteiger partial charge in [-0.25, -0.2) is 0 Å². The molecule has 1 aliphatic heterocycles. The van der Waals surface area contributed by atoms with Gasteiger partial charge < -0.3 is 9.84 Å². The fraction of sp³-hybridized carbons (Fsp3) is 0.217. The molecule has 0 amide bonds. The summed E-state index contributed by atoms with van der Waals surface area (Å²) >= 11 is 0. The van der Waals surface area contributed by atoms with Crippen molar-refractivity contribution in [2.24, 2.45) is 0 Å². The minimum Gasteiger partial charge on any atom is -0.361 e. The molecule has 0 aliphatic carbocycles. The highest BCUT2D eigenvalue weighted by Crippen LogP contribution is 2.36. The summed E-state index contributed by atoms with van der Waals surface area (Å²) < 4.78 is 6.23. The zero-order chi connectivity index (χ0) is 17.8. The van der Waals surface area contributed by atoms with E-state index in [-0.39, 0.29) is 6.10 Å². The predicted molar refractivity (Wildman–Crippen MR) is 102 cm³/mol. The van der Waals surface area contributed by atoms with Crippen molar-refractivity contribution < 1.29 is 9.84 Å². The molecule has 1 heterocycles. The van der Waals surface area contributed by atoms with Crippen LogP contribution in [0.25, 0.3) is 0 Å². The third-order valence-corrected chi connectivity index (χ3v) is 4.84. The van der Waals surface area contributed by atoms with Crippen molar-refractivity contribution >= 4 is 0 Å². The van der Waals surface area contributed by atoms with Crippen LogP contribution in [-0.4, -0.2) is 23.1 Å². The first kappa shape index (κ1) is 17.0. The second kappa shape index (κ2) is 7.42. The average molecular weight is 345 g/mol. The third-order valence-electron chi connectivity index (χ3n) is 4.84. The lowest BCUT2D eigenvalue weighted by atomic mass is 9.99. The van der Waals surface area contributed by atoms with Crippen LogP contribution in [0, 0.1) is 0 Å². The molecule has 0 unspecified atom stereocenters. The number of hydrogen-bond donors (Lipinski definition) is 1. The zero-order valence-corrected chi connectivity index (χ0v) is 14.7. The number of hydrogen-bond acceptors (Lipinski definition) is 3. The van der Waals surface area contributed by atoms with E-state index in [9.17, 15) is 5.11 Å². The summed E-state index contributed by atoms with van der Waals surface area (Å²) in [6.07, 6.45) is -0.182. The maximum Gasteiger partial charge on any atom is 0.206 e. The van der Waals surface area contributed by atoms with Crippen LogP contribution in [0.1, 0.15) is 22.8 Å². The second-order valence-corrected chi connectivity index (χ2v) is 6.82. The number of rotatable bonds is 4. The van der Waals surface area contributed by atoms with Gasteiger partial charge in [0.25, 0.3) is 0 Å². The van der Waals surface area contributed by atoms with Crippen molar-refractivity contribution in [3.8, 4) is 0 Å². The van der Waals surface area contributed by atoms with Gasteiger partial charge in [-0.05, 0) is 11.1 Å². The minimum absolute atomic E-state index is 0.182. The second-order valence-electron chi connectivity index (χ2n) is 6.82. The van der Waals surface area contributed by atoms with Crippen molar-refractivity contribution in [1.29, 1.82) is 0 Å². The summed E-state index contributed by atoms with van der Waals surface area (Å²) in [7, 11) is 0. The van der Waals surface area contributed by atoms with Crippen LogP contribution >= 0.6 is 0 Å². The van der Waals surface area contributed by atoms with Crippen molar-refractivity contribution in [2.45, 2.75) is 18.4 Å². The molecule has 2 atom stereocenters. The topological polar surface area (TPSA) is 32.7 Å². The standard InChI is InChI=1S/C23H23NO2/c25-23(21-14-8-3-9-15-21)18-24(16-19-10-4-1-5-11-19)17-22(26-23)20-12-6-2-7-13-20/h1-15,22,25H,16-18H2/t22-,23+/m1/s1. The van der Waals surface area contributed by atoms with E-state index in [0.717, 1.165) is 24.2 Å². The van der Waals surface area contributed by atoms with Crippen molar-refractivity contribution in [1.82, 2.24) is 4.90 Å². The number of nitrogens with zero attached hydrogens (tertiary/aromatic N) is 1. The summed E-state index contributed by atoms with van der Waals surface area (Å²) in [6.45, 7) is 1.96. The molecule has 4 rings (SSSR count). The third kappa shape index (κ3) is 3.70. The molecular formula is C23H23NO2. The Labute approximate surface area is 154 Å². The van der Waals surface area contributed by atoms with Crippen molar-refractivity contribution in [2.75, 3.05) is 13.1 Å². The molecule has 3 aromatic rings. The van der Waals surface area contributed by atoms with Gasteiger partial charge in [-0.1, -0.05) is 91.0 Å². The smallest absolute Gasteiger partial charge is 0.206 e. The molecule has 1 aliphatic rings. The Balaban J connectivity index is 1.64. The van der Waals surface area contributed by atoms with Gasteiger partial charge in [-0.3, -0.25) is 4.90 Å². The van der Waals surface area contributed by atoms with Crippen LogP contribution in [0.3, 0.4) is 0 Å². The van der Waals surface area contributed by atoms with E-state index >= 15 is 0 Å². The van der Waals surface area contributed by atoms with Gasteiger partial charge in [-0.2, -0.15) is 0 Å². The summed E-state index contributed by atoms with van der Waals surface area (Å²) in [6, 6.07) is 30.2. The average Bonchev–Trinajstić information content (AvgIpc) is 2.70. The molecule has 3 nitrogen and oxygen atoms in total. The molecule has 3 aromatic carbocycles. The first-order chi connectivity index (χ1) is 12.7. The first-order valence-corrected chi connectivity index (χ1v) is 9.00. The summed E-state index contributed by atoms with van der Waals surface area (Å²) in [4.78, 5) is 2.27. The highest BCUT2D eigenvalue weighted by atomic mass is 16.6. The van der Waals surface area contributed by atoms with Gasteiger partial charge in [0.05, 0.1) is 12.6 Å². The van der Waals surface area contributed by atoms with Crippen LogP contribution in [0.4, 0.5) is 0 Å². The van der Waals surface area contributed by atoms with Gasteiger partial charge in [-0.15, -0.1) is 0 Å². The van der Waals surface area contributed by atoms with Crippen molar-refractivity contribution in [3.05, 3.63) is 108 Å². The van der Waals surface area contributed by atoms with Crippen molar-refractivity contribution in [3.63, 3.8) is 0 Å². The molecule has 1 saturated heterocycles. The van der Waals surface area contributed by atoms with E-state index in [1.807, 2.05) is 66.7 Å². The summed E-state index contributed by atoms with van der Waals surface area (Å²) in [5.74, 6) is -1.32. The van der Waals surface area contributed by atoms with Crippen LogP contribution in [0.15, 0.2) is 91.0 Å². The van der Waals surface area contributed by atoms with Crippen LogP contribution in [0.2, 0.25) is 0 Å². The number of ether oxygens (including phenoxy) is 1. The quantitative estimate of drug-likeness (QED) is 0.772. The maximum absolute atomic E-state index is 11.4. The van der Waals surface area contributed by atoms with Gasteiger partial charge in [0.2, 0.25) is 5.79 Å². The Morgan fingerprint density at radius 2 is 1.42 bits per heavy atom. The fourth-order valence-corrected chi connectivity index (χ4v) is 3.57. The molecule has 1 N–H and O–H groups in total. The molecule has 0 aromatic heterocycles. The normalized spacial score (nSPS) is 23.7. The van der Waals surface area contributed by atoms with E-state index in [2.05, 4.69) is 29.2 Å². The number of morpholine rings is 1. The Morgan fingerprint density at radius 3 is 2.08 bits per heavy atom. The van der Waals surface area contributed by atoms with Gasteiger partial charge >= 0.3 is 0 Å². The van der Waals surface area contributed by atoms with Gasteiger partial charge in [0.15, 0.2) is 0 Å². The molecule has 3 heteroatoms. The summed E-state index contributed by atoms with van der Waals surface area (Å²) in [5, 5.41) is 11.4. The number of benzene rings is 3. The Kier molecular flexibility index (Phi) is 4.85. The number of β-amino-alcohol motifs (C(OH)–C–C–N with tert-alkyl or cyclic N) is 1. The SMILES string of the molecule is O[C@@]1(c2ccccc2)CN(Cc2ccccc2)C[C@H](c2ccccc2)O1. The Bertz CT molecular complexity index is 823. The van der Waals surface area contributed by atoms with Crippen LogP contribution in [-0.2, 0) is 17.1 Å². The maximum atomic E-state index is 11.4. The summed E-state index contributed by atoms with van der Waals surface area (Å²) in [5.41, 5.74) is 3.11. The van der Waals surface area contributed by atoms with E-state index in [0.29, 0.717) is 6.54 Å². The molecule has 0 radical (unpaired) electrons. The molecular weight excluding hydrogens is 322 g/mol. The van der Waals surface area contributed by atoms with E-state index in [1.54, 1.807) is 0 Å². The highest BCUT2D eigenvalue weighted by Gasteiger charge is 2.41. The van der Waals surface area contributed by atoms with E-state index in [4.69, 9.17) is 4.74 Å². The van der Waals surface area contributed by atoms with Crippen LogP contribution in [0.5, 0.6) is 0 Å². The first-order valence-electron chi connectivity index (χ1n) is 9.00. The predicted octanol–water partition coefficient (Wildman–Crippen LogP) is 4.11. The lowest BCUT2D eigenvalue weighted by Crippen LogP contribution is -2.50. The minimum atomic E-state index is -1.32.